The molecular formula is C21H27N5O4. The number of ether oxygens (including phenoxy) is 2. The molecule has 1 aromatic heterocycles. The summed E-state index contributed by atoms with van der Waals surface area (Å²) in [5.41, 5.74) is 6.85. The van der Waals surface area contributed by atoms with Gasteiger partial charge in [-0.3, -0.25) is 9.59 Å². The van der Waals surface area contributed by atoms with Crippen LogP contribution in [-0.4, -0.2) is 48.1 Å². The molecule has 0 atom stereocenters. The maximum Gasteiger partial charge on any atom is 0.309 e. The number of nitrogens with two attached hydrogens (primary N) is 1. The average molecular weight is 413 g/mol. The normalized spacial score (nSPS) is 14.3. The molecule has 9 heteroatoms. The molecule has 2 heterocycles. The molecule has 30 heavy (non-hydrogen) atoms. The fourth-order valence-electron chi connectivity index (χ4n) is 3.29. The lowest BCUT2D eigenvalue weighted by molar-refractivity contribution is -0.148. The lowest BCUT2D eigenvalue weighted by Crippen LogP contribution is -2.38. The average Bonchev–Trinajstić information content (AvgIpc) is 2.75. The van der Waals surface area contributed by atoms with Crippen molar-refractivity contribution in [3.8, 4) is 5.75 Å². The predicted molar refractivity (Wildman–Crippen MR) is 114 cm³/mol. The predicted octanol–water partition coefficient (Wildman–Crippen LogP) is 2.49. The second-order valence-corrected chi connectivity index (χ2v) is 6.89. The standard InChI is InChI=1S/C21H27N5O4/c1-3-29-16-7-5-15(6-8-16)24-19(27)17-13-23-21(25-18(17)22)26-11-9-14(10-12-26)20(28)30-4-2/h5-8,13-14H,3-4,9-12H2,1-2H3,(H,24,27)(H2,22,23,25). The Labute approximate surface area is 175 Å². The maximum atomic E-state index is 12.5. The third-order valence-corrected chi connectivity index (χ3v) is 4.87. The highest BCUT2D eigenvalue weighted by Crippen LogP contribution is 2.23. The molecular weight excluding hydrogens is 386 g/mol. The smallest absolute Gasteiger partial charge is 0.309 e. The van der Waals surface area contributed by atoms with E-state index in [9.17, 15) is 9.59 Å². The van der Waals surface area contributed by atoms with Crippen molar-refractivity contribution in [1.29, 1.82) is 0 Å². The number of amides is 1. The highest BCUT2D eigenvalue weighted by atomic mass is 16.5. The molecule has 2 aromatic rings. The summed E-state index contributed by atoms with van der Waals surface area (Å²) in [5.74, 6) is 0.652. The number of rotatable bonds is 7. The topological polar surface area (TPSA) is 120 Å². The van der Waals surface area contributed by atoms with Gasteiger partial charge in [0.2, 0.25) is 5.95 Å². The van der Waals surface area contributed by atoms with Crippen LogP contribution in [-0.2, 0) is 9.53 Å². The fourth-order valence-corrected chi connectivity index (χ4v) is 3.29. The Morgan fingerprint density at radius 2 is 1.87 bits per heavy atom. The van der Waals surface area contributed by atoms with E-state index in [4.69, 9.17) is 15.2 Å². The van der Waals surface area contributed by atoms with E-state index < -0.39 is 0 Å². The molecule has 1 aromatic carbocycles. The van der Waals surface area contributed by atoms with Crippen LogP contribution < -0.4 is 20.7 Å². The van der Waals surface area contributed by atoms with E-state index in [0.717, 1.165) is 5.75 Å². The van der Waals surface area contributed by atoms with Crippen LogP contribution >= 0.6 is 0 Å². The van der Waals surface area contributed by atoms with Crippen molar-refractivity contribution in [2.24, 2.45) is 5.92 Å². The summed E-state index contributed by atoms with van der Waals surface area (Å²) in [6.45, 7) is 5.93. The van der Waals surface area contributed by atoms with Gasteiger partial charge in [0, 0.05) is 25.0 Å². The summed E-state index contributed by atoms with van der Waals surface area (Å²) in [4.78, 5) is 35.0. The first-order valence-electron chi connectivity index (χ1n) is 10.1. The summed E-state index contributed by atoms with van der Waals surface area (Å²) >= 11 is 0. The summed E-state index contributed by atoms with van der Waals surface area (Å²) in [6, 6.07) is 7.06. The Morgan fingerprint density at radius 3 is 2.47 bits per heavy atom. The van der Waals surface area contributed by atoms with E-state index in [1.807, 2.05) is 11.8 Å². The van der Waals surface area contributed by atoms with Crippen LogP contribution in [0.25, 0.3) is 0 Å². The minimum absolute atomic E-state index is 0.0993. The summed E-state index contributed by atoms with van der Waals surface area (Å²) in [6.07, 6.45) is 2.77. The number of nitrogen functional groups attached to an aromatic ring is 1. The molecule has 9 nitrogen and oxygen atoms in total. The van der Waals surface area contributed by atoms with Crippen LogP contribution in [0.2, 0.25) is 0 Å². The lowest BCUT2D eigenvalue weighted by atomic mass is 9.97. The first-order valence-corrected chi connectivity index (χ1v) is 10.1. The van der Waals surface area contributed by atoms with Gasteiger partial charge < -0.3 is 25.4 Å². The molecule has 0 radical (unpaired) electrons. The third kappa shape index (κ3) is 5.16. The van der Waals surface area contributed by atoms with Gasteiger partial charge in [-0.05, 0) is 51.0 Å². The van der Waals surface area contributed by atoms with Crippen LogP contribution in [0, 0.1) is 5.92 Å². The van der Waals surface area contributed by atoms with E-state index in [1.54, 1.807) is 31.2 Å². The lowest BCUT2D eigenvalue weighted by Gasteiger charge is -2.30. The second kappa shape index (κ2) is 9.91. The largest absolute Gasteiger partial charge is 0.494 e. The Morgan fingerprint density at radius 1 is 1.17 bits per heavy atom. The van der Waals surface area contributed by atoms with Gasteiger partial charge in [-0.25, -0.2) is 4.98 Å². The van der Waals surface area contributed by atoms with Crippen LogP contribution in [0.1, 0.15) is 37.0 Å². The second-order valence-electron chi connectivity index (χ2n) is 6.89. The minimum atomic E-state index is -0.385. The monoisotopic (exact) mass is 413 g/mol. The van der Waals surface area contributed by atoms with Crippen molar-refractivity contribution < 1.29 is 19.1 Å². The number of nitrogens with zero attached hydrogens (tertiary/aromatic N) is 3. The van der Waals surface area contributed by atoms with E-state index in [-0.39, 0.29) is 29.2 Å². The first-order chi connectivity index (χ1) is 14.5. The number of benzene rings is 1. The quantitative estimate of drug-likeness (QED) is 0.665. The van der Waals surface area contributed by atoms with Gasteiger partial charge in [-0.15, -0.1) is 0 Å². The van der Waals surface area contributed by atoms with Crippen molar-refractivity contribution in [3.63, 3.8) is 0 Å². The number of aromatic nitrogens is 2. The molecule has 0 saturated carbocycles. The van der Waals surface area contributed by atoms with Crippen molar-refractivity contribution in [3.05, 3.63) is 36.0 Å². The first kappa shape index (κ1) is 21.4. The number of esters is 1. The number of carbonyl (C=O) groups excluding carboxylic acids is 2. The van der Waals surface area contributed by atoms with E-state index in [1.165, 1.54) is 6.20 Å². The number of nitrogens with one attached hydrogen (secondary N) is 1. The Hall–Kier alpha value is -3.36. The number of piperidine rings is 1. The minimum Gasteiger partial charge on any atom is -0.494 e. The van der Waals surface area contributed by atoms with Crippen LogP contribution in [0.5, 0.6) is 5.75 Å². The summed E-state index contributed by atoms with van der Waals surface area (Å²) in [5, 5.41) is 2.78. The van der Waals surface area contributed by atoms with Crippen molar-refractivity contribution >= 4 is 29.3 Å². The molecule has 1 amide bonds. The van der Waals surface area contributed by atoms with Gasteiger partial charge >= 0.3 is 5.97 Å². The van der Waals surface area contributed by atoms with E-state index in [0.29, 0.717) is 50.8 Å². The zero-order valence-corrected chi connectivity index (χ0v) is 17.3. The fraction of sp³-hybridized carbons (Fsp3) is 0.429. The summed E-state index contributed by atoms with van der Waals surface area (Å²) in [7, 11) is 0. The Balaban J connectivity index is 1.61. The molecule has 160 valence electrons. The number of hydrogen-bond donors (Lipinski definition) is 2. The zero-order valence-electron chi connectivity index (χ0n) is 17.3. The highest BCUT2D eigenvalue weighted by molar-refractivity contribution is 6.07. The maximum absolute atomic E-state index is 12.5. The van der Waals surface area contributed by atoms with Gasteiger partial charge in [0.25, 0.3) is 5.91 Å². The SMILES string of the molecule is CCOC(=O)C1CCN(c2ncc(C(=O)Nc3ccc(OCC)cc3)c(N)n2)CC1. The molecule has 1 saturated heterocycles. The number of carbonyl (C=O) groups is 2. The molecule has 0 unspecified atom stereocenters. The highest BCUT2D eigenvalue weighted by Gasteiger charge is 2.27. The van der Waals surface area contributed by atoms with Crippen LogP contribution in [0.4, 0.5) is 17.5 Å². The molecule has 3 rings (SSSR count). The van der Waals surface area contributed by atoms with Crippen molar-refractivity contribution in [2.45, 2.75) is 26.7 Å². The van der Waals surface area contributed by atoms with Crippen molar-refractivity contribution in [1.82, 2.24) is 9.97 Å². The van der Waals surface area contributed by atoms with Gasteiger partial charge in [0.05, 0.1) is 19.1 Å². The number of hydrogen-bond acceptors (Lipinski definition) is 8. The molecule has 1 aliphatic rings. The third-order valence-electron chi connectivity index (χ3n) is 4.87. The van der Waals surface area contributed by atoms with Crippen LogP contribution in [0.3, 0.4) is 0 Å². The molecule has 3 N–H and O–H groups in total. The van der Waals surface area contributed by atoms with Gasteiger partial charge in [-0.1, -0.05) is 0 Å². The molecule has 0 spiro atoms. The van der Waals surface area contributed by atoms with Crippen molar-refractivity contribution in [2.75, 3.05) is 42.3 Å². The summed E-state index contributed by atoms with van der Waals surface area (Å²) < 4.78 is 10.5. The molecule has 0 aliphatic carbocycles. The molecule has 0 bridgehead atoms. The van der Waals surface area contributed by atoms with Gasteiger partial charge in [-0.2, -0.15) is 4.98 Å². The molecule has 1 fully saturated rings. The van der Waals surface area contributed by atoms with E-state index in [2.05, 4.69) is 15.3 Å². The molecule has 1 aliphatic heterocycles. The van der Waals surface area contributed by atoms with E-state index >= 15 is 0 Å². The Kier molecular flexibility index (Phi) is 7.05. The van der Waals surface area contributed by atoms with Gasteiger partial charge in [0.15, 0.2) is 0 Å². The Bertz CT molecular complexity index is 879. The number of anilines is 3. The van der Waals surface area contributed by atoms with Gasteiger partial charge in [0.1, 0.15) is 17.1 Å². The van der Waals surface area contributed by atoms with Crippen LogP contribution in [0.15, 0.2) is 30.5 Å². The zero-order chi connectivity index (χ0) is 21.5.